The number of ether oxygens (including phenoxy) is 1. The summed E-state index contributed by atoms with van der Waals surface area (Å²) < 4.78 is 5.68. The van der Waals surface area contributed by atoms with Crippen molar-refractivity contribution in [1.82, 2.24) is 4.98 Å². The predicted octanol–water partition coefficient (Wildman–Crippen LogP) is 4.17. The standard InChI is InChI=1S/C13H20ClNO/c1-2-3-4-5-6-9-16-13-7-8-15-11-12(13)10-14/h7-8,11H,2-6,9-10H2,1H3. The third-order valence-electron chi connectivity index (χ3n) is 2.51. The number of halogens is 1. The van der Waals surface area contributed by atoms with Gasteiger partial charge in [-0.05, 0) is 12.5 Å². The number of pyridine rings is 1. The first-order valence-corrected chi connectivity index (χ1v) is 6.53. The van der Waals surface area contributed by atoms with Crippen LogP contribution in [-0.2, 0) is 5.88 Å². The first kappa shape index (κ1) is 13.3. The summed E-state index contributed by atoms with van der Waals surface area (Å²) in [6.07, 6.45) is 9.77. The van der Waals surface area contributed by atoms with E-state index in [-0.39, 0.29) is 0 Å². The Morgan fingerprint density at radius 3 is 2.81 bits per heavy atom. The molecule has 0 saturated heterocycles. The van der Waals surface area contributed by atoms with Crippen LogP contribution in [0.5, 0.6) is 5.75 Å². The monoisotopic (exact) mass is 241 g/mol. The molecule has 0 N–H and O–H groups in total. The molecule has 3 heteroatoms. The van der Waals surface area contributed by atoms with Crippen LogP contribution in [0.1, 0.15) is 44.6 Å². The molecule has 2 nitrogen and oxygen atoms in total. The van der Waals surface area contributed by atoms with E-state index >= 15 is 0 Å². The Morgan fingerprint density at radius 1 is 1.25 bits per heavy atom. The van der Waals surface area contributed by atoms with Gasteiger partial charge in [-0.15, -0.1) is 11.6 Å². The molecule has 0 fully saturated rings. The molecule has 0 aliphatic heterocycles. The summed E-state index contributed by atoms with van der Waals surface area (Å²) in [5.74, 6) is 1.33. The number of aromatic nitrogens is 1. The molecule has 0 spiro atoms. The van der Waals surface area contributed by atoms with Crippen molar-refractivity contribution in [1.29, 1.82) is 0 Å². The molecule has 0 aliphatic carbocycles. The molecule has 0 saturated carbocycles. The van der Waals surface area contributed by atoms with E-state index in [4.69, 9.17) is 16.3 Å². The molecule has 0 unspecified atom stereocenters. The predicted molar refractivity (Wildman–Crippen MR) is 68.0 cm³/mol. The summed E-state index contributed by atoms with van der Waals surface area (Å²) in [7, 11) is 0. The van der Waals surface area contributed by atoms with Gasteiger partial charge in [0.2, 0.25) is 0 Å². The molecule has 1 aromatic heterocycles. The maximum Gasteiger partial charge on any atom is 0.126 e. The van der Waals surface area contributed by atoms with Gasteiger partial charge in [0.05, 0.1) is 12.5 Å². The maximum absolute atomic E-state index is 5.79. The van der Waals surface area contributed by atoms with E-state index in [1.807, 2.05) is 6.07 Å². The van der Waals surface area contributed by atoms with E-state index in [9.17, 15) is 0 Å². The van der Waals surface area contributed by atoms with E-state index < -0.39 is 0 Å². The van der Waals surface area contributed by atoms with Gasteiger partial charge >= 0.3 is 0 Å². The second kappa shape index (κ2) is 8.40. The van der Waals surface area contributed by atoms with Crippen molar-refractivity contribution in [3.63, 3.8) is 0 Å². The van der Waals surface area contributed by atoms with E-state index in [0.717, 1.165) is 24.3 Å². The Balaban J connectivity index is 2.21. The van der Waals surface area contributed by atoms with Crippen molar-refractivity contribution in [2.45, 2.75) is 44.9 Å². The highest BCUT2D eigenvalue weighted by atomic mass is 35.5. The third-order valence-corrected chi connectivity index (χ3v) is 2.80. The molecule has 0 atom stereocenters. The fourth-order valence-electron chi connectivity index (χ4n) is 1.54. The summed E-state index contributed by atoms with van der Waals surface area (Å²) in [6, 6.07) is 1.88. The molecule has 1 heterocycles. The quantitative estimate of drug-likeness (QED) is 0.503. The van der Waals surface area contributed by atoms with E-state index in [0.29, 0.717) is 5.88 Å². The largest absolute Gasteiger partial charge is 0.493 e. The number of rotatable bonds is 8. The Hall–Kier alpha value is -0.760. The normalized spacial score (nSPS) is 10.4. The first-order valence-electron chi connectivity index (χ1n) is 6.00. The van der Waals surface area contributed by atoms with Crippen LogP contribution in [-0.4, -0.2) is 11.6 Å². The fourth-order valence-corrected chi connectivity index (χ4v) is 1.74. The second-order valence-electron chi connectivity index (χ2n) is 3.88. The molecule has 0 aliphatic rings. The van der Waals surface area contributed by atoms with Crippen molar-refractivity contribution in [3.8, 4) is 5.75 Å². The SMILES string of the molecule is CCCCCCCOc1ccncc1CCl. The van der Waals surface area contributed by atoms with Crippen LogP contribution in [0.2, 0.25) is 0 Å². The van der Waals surface area contributed by atoms with Crippen molar-refractivity contribution in [2.75, 3.05) is 6.61 Å². The summed E-state index contributed by atoms with van der Waals surface area (Å²) in [5.41, 5.74) is 0.970. The van der Waals surface area contributed by atoms with Gasteiger partial charge in [-0.2, -0.15) is 0 Å². The van der Waals surface area contributed by atoms with Gasteiger partial charge < -0.3 is 4.74 Å². The van der Waals surface area contributed by atoms with Crippen LogP contribution < -0.4 is 4.74 Å². The lowest BCUT2D eigenvalue weighted by Crippen LogP contribution is -2.00. The average Bonchev–Trinajstić information content (AvgIpc) is 2.34. The lowest BCUT2D eigenvalue weighted by molar-refractivity contribution is 0.302. The molecule has 0 radical (unpaired) electrons. The fraction of sp³-hybridized carbons (Fsp3) is 0.615. The number of unbranched alkanes of at least 4 members (excludes halogenated alkanes) is 4. The molecule has 90 valence electrons. The van der Waals surface area contributed by atoms with Crippen LogP contribution in [0, 0.1) is 0 Å². The van der Waals surface area contributed by atoms with Gasteiger partial charge in [-0.3, -0.25) is 4.98 Å². The first-order chi connectivity index (χ1) is 7.88. The van der Waals surface area contributed by atoms with Crippen LogP contribution in [0.15, 0.2) is 18.5 Å². The van der Waals surface area contributed by atoms with E-state index in [1.54, 1.807) is 12.4 Å². The van der Waals surface area contributed by atoms with Crippen LogP contribution in [0.3, 0.4) is 0 Å². The highest BCUT2D eigenvalue weighted by Gasteiger charge is 2.01. The van der Waals surface area contributed by atoms with Crippen LogP contribution in [0.4, 0.5) is 0 Å². The zero-order chi connectivity index (χ0) is 11.6. The highest BCUT2D eigenvalue weighted by molar-refractivity contribution is 6.17. The second-order valence-corrected chi connectivity index (χ2v) is 4.15. The summed E-state index contributed by atoms with van der Waals surface area (Å²) in [4.78, 5) is 4.02. The van der Waals surface area contributed by atoms with E-state index in [1.165, 1.54) is 25.7 Å². The minimum absolute atomic E-state index is 0.457. The minimum atomic E-state index is 0.457. The van der Waals surface area contributed by atoms with Gasteiger partial charge in [-0.1, -0.05) is 32.6 Å². The molecule has 0 bridgehead atoms. The van der Waals surface area contributed by atoms with Crippen molar-refractivity contribution in [2.24, 2.45) is 0 Å². The third kappa shape index (κ3) is 4.84. The number of alkyl halides is 1. The van der Waals surface area contributed by atoms with Gasteiger partial charge in [0.15, 0.2) is 0 Å². The molecular weight excluding hydrogens is 222 g/mol. The topological polar surface area (TPSA) is 22.1 Å². The molecule has 0 amide bonds. The van der Waals surface area contributed by atoms with Crippen molar-refractivity contribution >= 4 is 11.6 Å². The van der Waals surface area contributed by atoms with Crippen LogP contribution >= 0.6 is 11.6 Å². The number of hydrogen-bond donors (Lipinski definition) is 0. The summed E-state index contributed by atoms with van der Waals surface area (Å²) in [5, 5.41) is 0. The lowest BCUT2D eigenvalue weighted by atomic mass is 10.2. The lowest BCUT2D eigenvalue weighted by Gasteiger charge is -2.08. The molecule has 16 heavy (non-hydrogen) atoms. The average molecular weight is 242 g/mol. The number of nitrogens with zero attached hydrogens (tertiary/aromatic N) is 1. The van der Waals surface area contributed by atoms with Gasteiger partial charge in [0.25, 0.3) is 0 Å². The highest BCUT2D eigenvalue weighted by Crippen LogP contribution is 2.18. The molecule has 1 aromatic rings. The van der Waals surface area contributed by atoms with Crippen molar-refractivity contribution in [3.05, 3.63) is 24.0 Å². The van der Waals surface area contributed by atoms with Gasteiger partial charge in [0.1, 0.15) is 5.75 Å². The van der Waals surface area contributed by atoms with Gasteiger partial charge in [-0.25, -0.2) is 0 Å². The summed E-state index contributed by atoms with van der Waals surface area (Å²) in [6.45, 7) is 3.00. The molecule has 0 aromatic carbocycles. The Kier molecular flexibility index (Phi) is 6.98. The van der Waals surface area contributed by atoms with Gasteiger partial charge in [0, 0.05) is 18.0 Å². The Bertz CT molecular complexity index is 291. The summed E-state index contributed by atoms with van der Waals surface area (Å²) >= 11 is 5.79. The zero-order valence-corrected chi connectivity index (χ0v) is 10.7. The minimum Gasteiger partial charge on any atom is -0.493 e. The smallest absolute Gasteiger partial charge is 0.126 e. The Labute approximate surface area is 103 Å². The maximum atomic E-state index is 5.79. The van der Waals surface area contributed by atoms with Crippen LogP contribution in [0.25, 0.3) is 0 Å². The Morgan fingerprint density at radius 2 is 2.06 bits per heavy atom. The van der Waals surface area contributed by atoms with Crippen molar-refractivity contribution < 1.29 is 4.74 Å². The molecular formula is C13H20ClNO. The van der Waals surface area contributed by atoms with E-state index in [2.05, 4.69) is 11.9 Å². The number of hydrogen-bond acceptors (Lipinski definition) is 2. The zero-order valence-electron chi connectivity index (χ0n) is 9.92. The molecule has 1 rings (SSSR count).